The van der Waals surface area contributed by atoms with Crippen LogP contribution in [0.15, 0.2) is 10.7 Å². The molecule has 0 spiro atoms. The second kappa shape index (κ2) is 2.98. The van der Waals surface area contributed by atoms with Gasteiger partial charge in [-0.15, -0.1) is 0 Å². The van der Waals surface area contributed by atoms with Gasteiger partial charge in [0.05, 0.1) is 5.16 Å². The molecule has 0 atom stereocenters. The van der Waals surface area contributed by atoms with Gasteiger partial charge in [0.1, 0.15) is 0 Å². The first kappa shape index (κ1) is 7.83. The lowest BCUT2D eigenvalue weighted by Gasteiger charge is -2.03. The molecule has 0 unspecified atom stereocenters. The Morgan fingerprint density at radius 3 is 1.88 bits per heavy atom. The lowest BCUT2D eigenvalue weighted by Crippen LogP contribution is -1.98. The summed E-state index contributed by atoms with van der Waals surface area (Å²) in [7, 11) is 0. The Morgan fingerprint density at radius 1 is 1.50 bits per heavy atom. The minimum atomic E-state index is 0.431. The van der Waals surface area contributed by atoms with Crippen LogP contribution in [0.5, 0.6) is 0 Å². The molecule has 0 fully saturated rings. The third-order valence-corrected chi connectivity index (χ3v) is 1.54. The summed E-state index contributed by atoms with van der Waals surface area (Å²) in [5.74, 6) is 0.465. The molecule has 0 radical (unpaired) electrons. The van der Waals surface area contributed by atoms with Crippen molar-refractivity contribution in [1.82, 2.24) is 0 Å². The van der Waals surface area contributed by atoms with Crippen LogP contribution in [0.4, 0.5) is 0 Å². The smallest absolute Gasteiger partial charge is 0.0983 e. The van der Waals surface area contributed by atoms with Gasteiger partial charge in [-0.25, -0.2) is 0 Å². The van der Waals surface area contributed by atoms with E-state index in [4.69, 9.17) is 17.3 Å². The Labute approximate surface area is 55.5 Å². The third kappa shape index (κ3) is 2.22. The summed E-state index contributed by atoms with van der Waals surface area (Å²) in [6.45, 7) is 6.06. The Balaban J connectivity index is 4.00. The predicted octanol–water partition coefficient (Wildman–Crippen LogP) is 2.07. The number of halogens is 1. The molecule has 0 heterocycles. The predicted molar refractivity (Wildman–Crippen MR) is 37.6 cm³/mol. The van der Waals surface area contributed by atoms with Crippen LogP contribution in [-0.4, -0.2) is 0 Å². The van der Waals surface area contributed by atoms with Gasteiger partial charge in [-0.05, 0) is 18.4 Å². The van der Waals surface area contributed by atoms with Crippen LogP contribution >= 0.6 is 11.6 Å². The molecule has 0 saturated heterocycles. The minimum Gasteiger partial charge on any atom is -0.390 e. The van der Waals surface area contributed by atoms with Crippen molar-refractivity contribution in [3.8, 4) is 0 Å². The molecular formula is C6H12ClN. The Hall–Kier alpha value is -0.170. The fourth-order valence-electron chi connectivity index (χ4n) is 0.276. The lowest BCUT2D eigenvalue weighted by atomic mass is 10.1. The zero-order valence-corrected chi connectivity index (χ0v) is 6.29. The maximum absolute atomic E-state index is 5.48. The van der Waals surface area contributed by atoms with E-state index in [-0.39, 0.29) is 0 Å². The molecule has 0 aliphatic rings. The first-order chi connectivity index (χ1) is 3.55. The van der Waals surface area contributed by atoms with E-state index in [0.29, 0.717) is 11.1 Å². The second-order valence-electron chi connectivity index (χ2n) is 2.19. The number of rotatable bonds is 1. The van der Waals surface area contributed by atoms with E-state index in [2.05, 4.69) is 13.8 Å². The summed E-state index contributed by atoms with van der Waals surface area (Å²) in [5, 5.41) is 0.431. The summed E-state index contributed by atoms with van der Waals surface area (Å²) in [6, 6.07) is 0. The maximum atomic E-state index is 5.48. The largest absolute Gasteiger partial charge is 0.390 e. The van der Waals surface area contributed by atoms with E-state index in [1.54, 1.807) is 0 Å². The van der Waals surface area contributed by atoms with Gasteiger partial charge in [0, 0.05) is 0 Å². The number of nitrogens with two attached hydrogens (primary N) is 1. The van der Waals surface area contributed by atoms with E-state index in [1.165, 1.54) is 0 Å². The molecule has 0 amide bonds. The molecule has 0 aliphatic heterocycles. The minimum absolute atomic E-state index is 0.431. The highest BCUT2D eigenvalue weighted by Crippen LogP contribution is 2.12. The van der Waals surface area contributed by atoms with Crippen molar-refractivity contribution >= 4 is 11.6 Å². The molecule has 2 N–H and O–H groups in total. The Kier molecular flexibility index (Phi) is 2.91. The molecule has 0 aromatic carbocycles. The van der Waals surface area contributed by atoms with Crippen molar-refractivity contribution in [2.24, 2.45) is 11.7 Å². The number of hydrogen-bond donors (Lipinski definition) is 1. The van der Waals surface area contributed by atoms with Crippen LogP contribution in [0.1, 0.15) is 20.8 Å². The van der Waals surface area contributed by atoms with Gasteiger partial charge in [0.25, 0.3) is 0 Å². The van der Waals surface area contributed by atoms with Gasteiger partial charge in [0.2, 0.25) is 0 Å². The molecule has 0 aromatic rings. The van der Waals surface area contributed by atoms with E-state index in [1.807, 2.05) is 6.92 Å². The second-order valence-corrected chi connectivity index (χ2v) is 2.59. The highest BCUT2D eigenvalue weighted by molar-refractivity contribution is 6.29. The average Bonchev–Trinajstić information content (AvgIpc) is 1.64. The fourth-order valence-corrected chi connectivity index (χ4v) is 0.494. The summed E-state index contributed by atoms with van der Waals surface area (Å²) < 4.78 is 0. The molecule has 48 valence electrons. The molecule has 0 aliphatic carbocycles. The lowest BCUT2D eigenvalue weighted by molar-refractivity contribution is 0.763. The first-order valence-electron chi connectivity index (χ1n) is 2.67. The monoisotopic (exact) mass is 133 g/mol. The highest BCUT2D eigenvalue weighted by atomic mass is 35.5. The van der Waals surface area contributed by atoms with Crippen molar-refractivity contribution in [2.45, 2.75) is 20.8 Å². The van der Waals surface area contributed by atoms with Crippen LogP contribution in [0.3, 0.4) is 0 Å². The van der Waals surface area contributed by atoms with Gasteiger partial charge in [-0.3, -0.25) is 0 Å². The Bertz CT molecular complexity index is 101. The Morgan fingerprint density at radius 2 is 1.88 bits per heavy atom. The van der Waals surface area contributed by atoms with Gasteiger partial charge in [-0.2, -0.15) is 0 Å². The van der Waals surface area contributed by atoms with E-state index < -0.39 is 0 Å². The van der Waals surface area contributed by atoms with Crippen molar-refractivity contribution in [3.63, 3.8) is 0 Å². The van der Waals surface area contributed by atoms with Crippen molar-refractivity contribution < 1.29 is 0 Å². The third-order valence-electron chi connectivity index (χ3n) is 1.24. The maximum Gasteiger partial charge on any atom is 0.0983 e. The van der Waals surface area contributed by atoms with Crippen LogP contribution in [0.25, 0.3) is 0 Å². The van der Waals surface area contributed by atoms with E-state index in [0.717, 1.165) is 5.57 Å². The highest BCUT2D eigenvalue weighted by Gasteiger charge is 1.98. The summed E-state index contributed by atoms with van der Waals surface area (Å²) in [6.07, 6.45) is 0. The van der Waals surface area contributed by atoms with Crippen molar-refractivity contribution in [2.75, 3.05) is 0 Å². The first-order valence-corrected chi connectivity index (χ1v) is 3.05. The molecule has 0 aromatic heterocycles. The van der Waals surface area contributed by atoms with Crippen LogP contribution < -0.4 is 5.73 Å². The van der Waals surface area contributed by atoms with Crippen molar-refractivity contribution in [3.05, 3.63) is 10.7 Å². The van der Waals surface area contributed by atoms with Gasteiger partial charge in [-0.1, -0.05) is 25.4 Å². The van der Waals surface area contributed by atoms with Gasteiger partial charge < -0.3 is 5.73 Å². The number of hydrogen-bond acceptors (Lipinski definition) is 1. The SMILES string of the molecule is CC(=C(N)Cl)C(C)C. The topological polar surface area (TPSA) is 26.0 Å². The van der Waals surface area contributed by atoms with E-state index in [9.17, 15) is 0 Å². The van der Waals surface area contributed by atoms with Gasteiger partial charge in [0.15, 0.2) is 0 Å². The molecule has 0 saturated carbocycles. The molecule has 2 heteroatoms. The molecule has 0 bridgehead atoms. The van der Waals surface area contributed by atoms with Crippen LogP contribution in [-0.2, 0) is 0 Å². The van der Waals surface area contributed by atoms with Crippen LogP contribution in [0, 0.1) is 5.92 Å². The van der Waals surface area contributed by atoms with Gasteiger partial charge >= 0.3 is 0 Å². The average molecular weight is 134 g/mol. The number of allylic oxidation sites excluding steroid dienone is 1. The summed E-state index contributed by atoms with van der Waals surface area (Å²) in [4.78, 5) is 0. The van der Waals surface area contributed by atoms with E-state index >= 15 is 0 Å². The van der Waals surface area contributed by atoms with Crippen LogP contribution in [0.2, 0.25) is 0 Å². The molecule has 1 nitrogen and oxygen atoms in total. The quantitative estimate of drug-likeness (QED) is 0.545. The zero-order valence-electron chi connectivity index (χ0n) is 5.53. The molecule has 8 heavy (non-hydrogen) atoms. The van der Waals surface area contributed by atoms with Crippen molar-refractivity contribution in [1.29, 1.82) is 0 Å². The molecule has 0 rings (SSSR count). The standard InChI is InChI=1S/C6H12ClN/c1-4(2)5(3)6(7)8/h4H,8H2,1-3H3. The normalized spacial score (nSPS) is 14.1. The summed E-state index contributed by atoms with van der Waals surface area (Å²) >= 11 is 5.48. The molecular weight excluding hydrogens is 122 g/mol. The zero-order chi connectivity index (χ0) is 6.73. The fraction of sp³-hybridized carbons (Fsp3) is 0.667. The summed E-state index contributed by atoms with van der Waals surface area (Å²) in [5.41, 5.74) is 6.34.